The van der Waals surface area contributed by atoms with Gasteiger partial charge in [-0.15, -0.1) is 11.3 Å². The van der Waals surface area contributed by atoms with Gasteiger partial charge >= 0.3 is 0 Å². The monoisotopic (exact) mass is 471 g/mol. The molecule has 2 N–H and O–H groups in total. The predicted octanol–water partition coefficient (Wildman–Crippen LogP) is 5.74. The summed E-state index contributed by atoms with van der Waals surface area (Å²) in [6.07, 6.45) is 0. The number of hydrazone groups is 1. The lowest BCUT2D eigenvalue weighted by atomic mass is 10.1. The fourth-order valence-corrected chi connectivity index (χ4v) is 4.28. The second-order valence-corrected chi connectivity index (χ2v) is 8.70. The Bertz CT molecular complexity index is 1160. The van der Waals surface area contributed by atoms with Gasteiger partial charge < -0.3 is 10.1 Å². The summed E-state index contributed by atoms with van der Waals surface area (Å²) in [5.41, 5.74) is 6.92. The quantitative estimate of drug-likeness (QED) is 0.341. The molecule has 31 heavy (non-hydrogen) atoms. The van der Waals surface area contributed by atoms with E-state index in [4.69, 9.17) is 27.9 Å². The molecule has 0 bridgehead atoms. The van der Waals surface area contributed by atoms with Gasteiger partial charge in [-0.25, -0.2) is 0 Å². The van der Waals surface area contributed by atoms with Crippen molar-refractivity contribution in [3.05, 3.63) is 91.8 Å². The molecule has 0 atom stereocenters. The molecule has 2 aromatic carbocycles. The summed E-state index contributed by atoms with van der Waals surface area (Å²) < 4.78 is 6.07. The summed E-state index contributed by atoms with van der Waals surface area (Å²) in [5.74, 6) is 0.481. The number of thiophene rings is 1. The van der Waals surface area contributed by atoms with Gasteiger partial charge in [-0.3, -0.25) is 10.2 Å². The third-order valence-electron chi connectivity index (χ3n) is 4.69. The summed E-state index contributed by atoms with van der Waals surface area (Å²) in [6, 6.07) is 17.0. The molecule has 1 amide bonds. The average Bonchev–Trinajstić information content (AvgIpc) is 3.39. The Morgan fingerprint density at radius 3 is 2.71 bits per heavy atom. The summed E-state index contributed by atoms with van der Waals surface area (Å²) in [5, 5.41) is 10.3. The summed E-state index contributed by atoms with van der Waals surface area (Å²) in [7, 11) is 0. The van der Waals surface area contributed by atoms with Crippen molar-refractivity contribution < 1.29 is 9.53 Å². The normalized spacial score (nSPS) is 14.0. The van der Waals surface area contributed by atoms with Crippen molar-refractivity contribution in [1.29, 1.82) is 0 Å². The molecule has 0 saturated heterocycles. The molecule has 3 aromatic rings. The minimum Gasteiger partial charge on any atom is -0.489 e. The first kappa shape index (κ1) is 21.4. The van der Waals surface area contributed by atoms with E-state index < -0.39 is 0 Å². The van der Waals surface area contributed by atoms with Crippen molar-refractivity contribution in [1.82, 2.24) is 5.32 Å². The minimum absolute atomic E-state index is 0.127. The zero-order chi connectivity index (χ0) is 21.8. The smallest absolute Gasteiger partial charge is 0.256 e. The summed E-state index contributed by atoms with van der Waals surface area (Å²) >= 11 is 13.7. The molecule has 1 aromatic heterocycles. The summed E-state index contributed by atoms with van der Waals surface area (Å²) in [6.45, 7) is 2.56. The highest BCUT2D eigenvalue weighted by molar-refractivity contribution is 7.11. The molecule has 0 saturated carbocycles. The largest absolute Gasteiger partial charge is 0.489 e. The van der Waals surface area contributed by atoms with E-state index in [1.165, 1.54) is 11.3 Å². The number of halogens is 2. The Morgan fingerprint density at radius 2 is 2.00 bits per heavy atom. The van der Waals surface area contributed by atoms with Gasteiger partial charge in [0, 0.05) is 15.5 Å². The Hall–Kier alpha value is -2.80. The number of rotatable bonds is 7. The maximum absolute atomic E-state index is 12.3. The van der Waals surface area contributed by atoms with Gasteiger partial charge in [0.2, 0.25) is 0 Å². The molecule has 8 heteroatoms. The highest BCUT2D eigenvalue weighted by atomic mass is 35.5. The Morgan fingerprint density at radius 1 is 1.19 bits per heavy atom. The Kier molecular flexibility index (Phi) is 6.61. The predicted molar refractivity (Wildman–Crippen MR) is 128 cm³/mol. The number of ether oxygens (including phenoxy) is 1. The van der Waals surface area contributed by atoms with Gasteiger partial charge in [0.15, 0.2) is 0 Å². The van der Waals surface area contributed by atoms with Crippen LogP contribution in [-0.2, 0) is 9.53 Å². The number of benzene rings is 2. The zero-order valence-corrected chi connectivity index (χ0v) is 18.9. The number of nitrogens with one attached hydrogen (secondary N) is 2. The molecule has 4 rings (SSSR count). The highest BCUT2D eigenvalue weighted by Crippen LogP contribution is 2.28. The lowest BCUT2D eigenvalue weighted by Gasteiger charge is -2.12. The minimum atomic E-state index is -0.127. The van der Waals surface area contributed by atoms with Crippen LogP contribution in [0.25, 0.3) is 5.57 Å². The fourth-order valence-electron chi connectivity index (χ4n) is 3.05. The lowest BCUT2D eigenvalue weighted by molar-refractivity contribution is -0.114. The van der Waals surface area contributed by atoms with Crippen molar-refractivity contribution in [3.63, 3.8) is 0 Å². The number of aryl methyl sites for hydroxylation is 1. The molecule has 0 spiro atoms. The van der Waals surface area contributed by atoms with Crippen molar-refractivity contribution in [3.8, 4) is 0 Å². The van der Waals surface area contributed by atoms with Gasteiger partial charge in [0.1, 0.15) is 18.1 Å². The number of hydrogen-bond acceptors (Lipinski definition) is 5. The molecule has 5 nitrogen and oxygen atoms in total. The van der Waals surface area contributed by atoms with Gasteiger partial charge in [-0.05, 0) is 36.6 Å². The van der Waals surface area contributed by atoms with Crippen LogP contribution >= 0.6 is 34.5 Å². The lowest BCUT2D eigenvalue weighted by Crippen LogP contribution is -2.18. The standard InChI is InChI=1S/C23H19Cl2N3O2S/c1-14-4-6-15(7-5-14)19(28-27-18-9-8-16(24)11-17(18)25)13-30-20-12-26-23(29)22(20)21-3-2-10-31-21/h2-11,27H,12-13H2,1H3,(H,26,29). The second kappa shape index (κ2) is 9.56. The van der Waals surface area contributed by atoms with Crippen LogP contribution in [0.5, 0.6) is 0 Å². The van der Waals surface area contributed by atoms with E-state index in [0.717, 1.165) is 16.0 Å². The highest BCUT2D eigenvalue weighted by Gasteiger charge is 2.26. The Labute approximate surface area is 194 Å². The van der Waals surface area contributed by atoms with Crippen LogP contribution in [0.15, 0.2) is 70.8 Å². The van der Waals surface area contributed by atoms with E-state index in [2.05, 4.69) is 15.8 Å². The first-order chi connectivity index (χ1) is 15.0. The van der Waals surface area contributed by atoms with Crippen LogP contribution in [-0.4, -0.2) is 24.8 Å². The third kappa shape index (κ3) is 5.10. The van der Waals surface area contributed by atoms with E-state index >= 15 is 0 Å². The topological polar surface area (TPSA) is 62.7 Å². The van der Waals surface area contributed by atoms with Crippen molar-refractivity contribution in [2.45, 2.75) is 6.92 Å². The van der Waals surface area contributed by atoms with Crippen LogP contribution in [0.1, 0.15) is 16.0 Å². The van der Waals surface area contributed by atoms with Gasteiger partial charge in [-0.2, -0.15) is 5.10 Å². The zero-order valence-electron chi connectivity index (χ0n) is 16.6. The van der Waals surface area contributed by atoms with Crippen LogP contribution in [0.2, 0.25) is 10.0 Å². The van der Waals surface area contributed by atoms with Crippen molar-refractivity contribution >= 4 is 57.4 Å². The van der Waals surface area contributed by atoms with E-state index in [1.807, 2.05) is 48.7 Å². The average molecular weight is 472 g/mol. The number of carbonyl (C=O) groups excluding carboxylic acids is 1. The van der Waals surface area contributed by atoms with Crippen LogP contribution in [0, 0.1) is 6.92 Å². The number of nitrogens with zero attached hydrogens (tertiary/aromatic N) is 1. The second-order valence-electron chi connectivity index (χ2n) is 6.91. The van der Waals surface area contributed by atoms with Gasteiger partial charge in [0.05, 0.1) is 22.8 Å². The fraction of sp³-hybridized carbons (Fsp3) is 0.130. The number of hydrogen-bond donors (Lipinski definition) is 2. The van der Waals surface area contributed by atoms with E-state index in [9.17, 15) is 4.79 Å². The third-order valence-corrected chi connectivity index (χ3v) is 6.13. The molecule has 0 aliphatic carbocycles. The van der Waals surface area contributed by atoms with Gasteiger partial charge in [-0.1, -0.05) is 59.1 Å². The maximum atomic E-state index is 12.3. The molecule has 158 valence electrons. The molecule has 0 unspecified atom stereocenters. The molecular weight excluding hydrogens is 453 g/mol. The van der Waals surface area contributed by atoms with E-state index in [0.29, 0.717) is 39.3 Å². The maximum Gasteiger partial charge on any atom is 0.256 e. The molecule has 2 heterocycles. The van der Waals surface area contributed by atoms with E-state index in [1.54, 1.807) is 18.2 Å². The van der Waals surface area contributed by atoms with Crippen LogP contribution in [0.4, 0.5) is 5.69 Å². The van der Waals surface area contributed by atoms with Gasteiger partial charge in [0.25, 0.3) is 5.91 Å². The summed E-state index contributed by atoms with van der Waals surface area (Å²) in [4.78, 5) is 13.2. The molecule has 1 aliphatic rings. The molecule has 1 aliphatic heterocycles. The number of carbonyl (C=O) groups is 1. The first-order valence-corrected chi connectivity index (χ1v) is 11.2. The first-order valence-electron chi connectivity index (χ1n) is 9.54. The van der Waals surface area contributed by atoms with Crippen molar-refractivity contribution in [2.75, 3.05) is 18.6 Å². The molecular formula is C23H19Cl2N3O2S. The van der Waals surface area contributed by atoms with E-state index in [-0.39, 0.29) is 12.5 Å². The number of amides is 1. The van der Waals surface area contributed by atoms with Crippen LogP contribution < -0.4 is 10.7 Å². The number of anilines is 1. The Balaban J connectivity index is 1.60. The molecule has 0 fully saturated rings. The van der Waals surface area contributed by atoms with Crippen molar-refractivity contribution in [2.24, 2.45) is 5.10 Å². The SMILES string of the molecule is Cc1ccc(C(COC2=C(c3cccs3)C(=O)NC2)=NNc2ccc(Cl)cc2Cl)cc1. The van der Waals surface area contributed by atoms with Crippen LogP contribution in [0.3, 0.4) is 0 Å². The molecule has 0 radical (unpaired) electrons.